The summed E-state index contributed by atoms with van der Waals surface area (Å²) in [5, 5.41) is 6.18. The maximum Gasteiger partial charge on any atom is 0.356 e. The zero-order valence-corrected chi connectivity index (χ0v) is 11.2. The molecule has 3 rings (SSSR count). The molecule has 21 heavy (non-hydrogen) atoms. The Morgan fingerprint density at radius 1 is 1.43 bits per heavy atom. The van der Waals surface area contributed by atoms with Crippen LogP contribution in [-0.4, -0.2) is 25.6 Å². The van der Waals surface area contributed by atoms with Crippen LogP contribution in [0.4, 0.5) is 0 Å². The highest BCUT2D eigenvalue weighted by molar-refractivity contribution is 5.86. The number of H-pyrrole nitrogens is 1. The van der Waals surface area contributed by atoms with Crippen LogP contribution in [0.3, 0.4) is 0 Å². The lowest BCUT2D eigenvalue weighted by Gasteiger charge is -2.06. The minimum atomic E-state index is -0.542. The fourth-order valence-corrected chi connectivity index (χ4v) is 1.97. The third-order valence-electron chi connectivity index (χ3n) is 3.01. The molecular weight excluding hydrogens is 272 g/mol. The van der Waals surface area contributed by atoms with E-state index in [4.69, 9.17) is 4.74 Å². The van der Waals surface area contributed by atoms with Crippen molar-refractivity contribution in [2.45, 2.75) is 13.5 Å². The van der Waals surface area contributed by atoms with Gasteiger partial charge in [0.15, 0.2) is 0 Å². The second-order valence-corrected chi connectivity index (χ2v) is 4.52. The number of aromatic nitrogens is 4. The highest BCUT2D eigenvalue weighted by Gasteiger charge is 2.10. The lowest BCUT2D eigenvalue weighted by molar-refractivity contribution is 0.0460. The fraction of sp³-hybridized carbons (Fsp3) is 0.143. The number of nitrogens with zero attached hydrogens (tertiary/aromatic N) is 3. The normalized spacial score (nSPS) is 10.7. The van der Waals surface area contributed by atoms with Gasteiger partial charge in [0.25, 0.3) is 5.56 Å². The van der Waals surface area contributed by atoms with Crippen LogP contribution in [0, 0.1) is 6.92 Å². The number of ether oxygens (including phenoxy) is 1. The van der Waals surface area contributed by atoms with E-state index in [-0.39, 0.29) is 17.9 Å². The molecule has 0 bridgehead atoms. The maximum atomic E-state index is 12.0. The molecule has 0 fully saturated rings. The summed E-state index contributed by atoms with van der Waals surface area (Å²) in [6.45, 7) is 1.79. The lowest BCUT2D eigenvalue weighted by atomic mass is 10.3. The fourth-order valence-electron chi connectivity index (χ4n) is 1.97. The van der Waals surface area contributed by atoms with Gasteiger partial charge in [-0.05, 0) is 24.6 Å². The number of carbonyl (C=O) groups excluding carboxylic acids is 1. The average molecular weight is 284 g/mol. The molecule has 7 heteroatoms. The number of hydrogen-bond acceptors (Lipinski definition) is 5. The first kappa shape index (κ1) is 13.0. The van der Waals surface area contributed by atoms with Crippen LogP contribution in [-0.2, 0) is 11.3 Å². The van der Waals surface area contributed by atoms with E-state index in [2.05, 4.69) is 15.2 Å². The Bertz CT molecular complexity index is 852. The SMILES string of the molecule is Cc1cccn2c(=O)cc(COC(=O)c3ccn[nH]3)nc12. The van der Waals surface area contributed by atoms with Gasteiger partial charge in [-0.2, -0.15) is 5.10 Å². The van der Waals surface area contributed by atoms with E-state index in [1.807, 2.05) is 13.0 Å². The Kier molecular flexibility index (Phi) is 3.23. The van der Waals surface area contributed by atoms with Gasteiger partial charge < -0.3 is 4.74 Å². The minimum absolute atomic E-state index is 0.0715. The first-order valence-corrected chi connectivity index (χ1v) is 6.29. The number of fused-ring (bicyclic) bond motifs is 1. The molecule has 1 N–H and O–H groups in total. The molecular formula is C14H12N4O3. The van der Waals surface area contributed by atoms with Gasteiger partial charge in [0.05, 0.1) is 5.69 Å². The summed E-state index contributed by atoms with van der Waals surface area (Å²) in [6.07, 6.45) is 3.11. The van der Waals surface area contributed by atoms with Gasteiger partial charge >= 0.3 is 5.97 Å². The summed E-state index contributed by atoms with van der Waals surface area (Å²) in [6, 6.07) is 6.51. The zero-order valence-electron chi connectivity index (χ0n) is 11.2. The van der Waals surface area contributed by atoms with E-state index < -0.39 is 5.97 Å². The number of esters is 1. The Morgan fingerprint density at radius 3 is 3.05 bits per heavy atom. The number of carbonyl (C=O) groups is 1. The van der Waals surface area contributed by atoms with Crippen molar-refractivity contribution in [3.05, 3.63) is 64.0 Å². The summed E-state index contributed by atoms with van der Waals surface area (Å²) in [5.74, 6) is -0.542. The summed E-state index contributed by atoms with van der Waals surface area (Å²) in [4.78, 5) is 28.0. The van der Waals surface area contributed by atoms with Gasteiger partial charge in [0.1, 0.15) is 17.9 Å². The lowest BCUT2D eigenvalue weighted by Crippen LogP contribution is -2.17. The molecule has 0 aromatic carbocycles. The molecule has 0 aliphatic rings. The van der Waals surface area contributed by atoms with Crippen LogP contribution in [0.25, 0.3) is 5.65 Å². The molecule has 0 amide bonds. The van der Waals surface area contributed by atoms with E-state index in [1.54, 1.807) is 12.3 Å². The molecule has 0 radical (unpaired) electrons. The second kappa shape index (κ2) is 5.20. The summed E-state index contributed by atoms with van der Waals surface area (Å²) in [7, 11) is 0. The summed E-state index contributed by atoms with van der Waals surface area (Å²) in [5.41, 5.74) is 1.87. The molecule has 0 saturated carbocycles. The summed E-state index contributed by atoms with van der Waals surface area (Å²) >= 11 is 0. The van der Waals surface area contributed by atoms with Crippen molar-refractivity contribution in [3.63, 3.8) is 0 Å². The van der Waals surface area contributed by atoms with Crippen LogP contribution < -0.4 is 5.56 Å². The molecule has 7 nitrogen and oxygen atoms in total. The highest BCUT2D eigenvalue weighted by Crippen LogP contribution is 2.07. The average Bonchev–Trinajstić information content (AvgIpc) is 3.00. The quantitative estimate of drug-likeness (QED) is 0.727. The van der Waals surface area contributed by atoms with Crippen LogP contribution in [0.15, 0.2) is 41.5 Å². The number of nitrogens with one attached hydrogen (secondary N) is 1. The molecule has 0 unspecified atom stereocenters. The van der Waals surface area contributed by atoms with E-state index in [0.717, 1.165) is 5.56 Å². The van der Waals surface area contributed by atoms with Crippen molar-refractivity contribution < 1.29 is 9.53 Å². The van der Waals surface area contributed by atoms with Crippen LogP contribution in [0.2, 0.25) is 0 Å². The third-order valence-corrected chi connectivity index (χ3v) is 3.01. The second-order valence-electron chi connectivity index (χ2n) is 4.52. The Hall–Kier alpha value is -2.96. The number of hydrogen-bond donors (Lipinski definition) is 1. The Labute approximate surface area is 119 Å². The van der Waals surface area contributed by atoms with Crippen molar-refractivity contribution in [3.8, 4) is 0 Å². The van der Waals surface area contributed by atoms with E-state index in [9.17, 15) is 9.59 Å². The Balaban J connectivity index is 1.86. The van der Waals surface area contributed by atoms with Gasteiger partial charge in [-0.25, -0.2) is 9.78 Å². The van der Waals surface area contributed by atoms with E-state index >= 15 is 0 Å². The number of aromatic amines is 1. The van der Waals surface area contributed by atoms with Crippen LogP contribution >= 0.6 is 0 Å². The predicted octanol–water partition coefficient (Wildman–Crippen LogP) is 1.08. The molecule has 0 aliphatic carbocycles. The zero-order chi connectivity index (χ0) is 14.8. The summed E-state index contributed by atoms with van der Waals surface area (Å²) < 4.78 is 6.55. The Morgan fingerprint density at radius 2 is 2.29 bits per heavy atom. The molecule has 3 aromatic rings. The molecule has 0 aliphatic heterocycles. The first-order chi connectivity index (χ1) is 10.1. The minimum Gasteiger partial charge on any atom is -0.454 e. The molecule has 106 valence electrons. The van der Waals surface area contributed by atoms with E-state index in [1.165, 1.54) is 22.7 Å². The monoisotopic (exact) mass is 284 g/mol. The van der Waals surface area contributed by atoms with Crippen LogP contribution in [0.5, 0.6) is 0 Å². The van der Waals surface area contributed by atoms with Gasteiger partial charge in [0.2, 0.25) is 0 Å². The van der Waals surface area contributed by atoms with E-state index in [0.29, 0.717) is 11.3 Å². The van der Waals surface area contributed by atoms with Crippen molar-refractivity contribution in [1.82, 2.24) is 19.6 Å². The molecule has 3 aromatic heterocycles. The van der Waals surface area contributed by atoms with Gasteiger partial charge in [-0.3, -0.25) is 14.3 Å². The number of pyridine rings is 1. The number of aryl methyl sites for hydroxylation is 1. The van der Waals surface area contributed by atoms with Gasteiger partial charge in [0, 0.05) is 18.5 Å². The molecule has 3 heterocycles. The maximum absolute atomic E-state index is 12.0. The highest BCUT2D eigenvalue weighted by atomic mass is 16.5. The largest absolute Gasteiger partial charge is 0.454 e. The molecule has 0 saturated heterocycles. The van der Waals surface area contributed by atoms with Gasteiger partial charge in [-0.15, -0.1) is 0 Å². The van der Waals surface area contributed by atoms with Crippen molar-refractivity contribution in [1.29, 1.82) is 0 Å². The van der Waals surface area contributed by atoms with Crippen LogP contribution in [0.1, 0.15) is 21.7 Å². The standard InChI is InChI=1S/C14H12N4O3/c1-9-3-2-6-18-12(19)7-10(16-13(9)18)8-21-14(20)11-4-5-15-17-11/h2-7H,8H2,1H3,(H,15,17). The third kappa shape index (κ3) is 2.53. The number of rotatable bonds is 3. The van der Waals surface area contributed by atoms with Crippen molar-refractivity contribution in [2.24, 2.45) is 0 Å². The molecule has 0 atom stereocenters. The smallest absolute Gasteiger partial charge is 0.356 e. The van der Waals surface area contributed by atoms with Gasteiger partial charge in [-0.1, -0.05) is 6.07 Å². The van der Waals surface area contributed by atoms with Crippen molar-refractivity contribution in [2.75, 3.05) is 0 Å². The first-order valence-electron chi connectivity index (χ1n) is 6.29. The van der Waals surface area contributed by atoms with Crippen molar-refractivity contribution >= 4 is 11.6 Å². The predicted molar refractivity (Wildman–Crippen MR) is 73.9 cm³/mol. The topological polar surface area (TPSA) is 89.4 Å². The molecule has 0 spiro atoms.